The topological polar surface area (TPSA) is 49.4 Å². The second-order valence-corrected chi connectivity index (χ2v) is 6.47. The zero-order chi connectivity index (χ0) is 14.8. The highest BCUT2D eigenvalue weighted by atomic mass is 16.2. The molecule has 2 atom stereocenters. The molecule has 0 saturated carbocycles. The van der Waals surface area contributed by atoms with Gasteiger partial charge in [-0.1, -0.05) is 39.8 Å². The zero-order valence-electron chi connectivity index (χ0n) is 12.9. The summed E-state index contributed by atoms with van der Waals surface area (Å²) >= 11 is 0. The second kappa shape index (κ2) is 5.35. The van der Waals surface area contributed by atoms with Crippen molar-refractivity contribution in [3.8, 4) is 0 Å². The molecule has 0 aromatic heterocycles. The monoisotopic (exact) mass is 266 g/mol. The van der Waals surface area contributed by atoms with Crippen LogP contribution in [0.25, 0.3) is 0 Å². The molecule has 1 fully saturated rings. The summed E-state index contributed by atoms with van der Waals surface area (Å²) in [5.74, 6) is -0.0476. The van der Waals surface area contributed by atoms with Gasteiger partial charge < -0.3 is 10.2 Å². The number of amides is 2. The largest absolute Gasteiger partial charge is 0.340 e. The minimum Gasteiger partial charge on any atom is -0.340 e. The van der Waals surface area contributed by atoms with Gasteiger partial charge in [-0.25, -0.2) is 0 Å². The molecule has 1 aliphatic heterocycles. The van der Waals surface area contributed by atoms with Gasteiger partial charge in [0.05, 0.1) is 0 Å². The van der Waals surface area contributed by atoms with Crippen LogP contribution in [0.15, 0.2) is 12.2 Å². The summed E-state index contributed by atoms with van der Waals surface area (Å²) in [6.07, 6.45) is 4.43. The molecule has 19 heavy (non-hydrogen) atoms. The summed E-state index contributed by atoms with van der Waals surface area (Å²) < 4.78 is 0. The summed E-state index contributed by atoms with van der Waals surface area (Å²) in [6.45, 7) is 12.1. The van der Waals surface area contributed by atoms with Crippen molar-refractivity contribution in [1.82, 2.24) is 10.2 Å². The minimum absolute atomic E-state index is 0.00706. The third-order valence-electron chi connectivity index (χ3n) is 3.76. The van der Waals surface area contributed by atoms with Crippen molar-refractivity contribution in [2.24, 2.45) is 5.41 Å². The van der Waals surface area contributed by atoms with Crippen LogP contribution < -0.4 is 5.32 Å². The first-order valence-corrected chi connectivity index (χ1v) is 6.91. The lowest BCUT2D eigenvalue weighted by Crippen LogP contribution is -2.71. The van der Waals surface area contributed by atoms with E-state index in [0.29, 0.717) is 13.0 Å². The van der Waals surface area contributed by atoms with Gasteiger partial charge in [-0.05, 0) is 25.7 Å². The maximum atomic E-state index is 12.7. The Balaban J connectivity index is 3.18. The van der Waals surface area contributed by atoms with Crippen molar-refractivity contribution < 1.29 is 9.59 Å². The Morgan fingerprint density at radius 1 is 1.37 bits per heavy atom. The molecule has 108 valence electrons. The maximum absolute atomic E-state index is 12.7. The number of nitrogens with zero attached hydrogens (tertiary/aromatic N) is 1. The van der Waals surface area contributed by atoms with E-state index in [1.54, 1.807) is 11.8 Å². The minimum atomic E-state index is -0.777. The van der Waals surface area contributed by atoms with Gasteiger partial charge in [0.1, 0.15) is 11.6 Å². The maximum Gasteiger partial charge on any atom is 0.249 e. The summed E-state index contributed by atoms with van der Waals surface area (Å²) in [4.78, 5) is 26.8. The molecule has 0 bridgehead atoms. The molecule has 4 nitrogen and oxygen atoms in total. The summed E-state index contributed by atoms with van der Waals surface area (Å²) in [5.41, 5.74) is -1.06. The van der Waals surface area contributed by atoms with E-state index in [0.717, 1.165) is 0 Å². The SMILES string of the molecule is C/C=C/CN1C(=O)C(C)(CC)NC(=O)C1C(C)(C)C. The highest BCUT2D eigenvalue weighted by molar-refractivity contribution is 6.00. The van der Waals surface area contributed by atoms with Crippen molar-refractivity contribution in [2.45, 2.75) is 59.5 Å². The molecule has 1 heterocycles. The standard InChI is InChI=1S/C15H26N2O2/c1-7-9-10-17-11(14(3,4)5)12(18)16-15(6,8-2)13(17)19/h7,9,11H,8,10H2,1-6H3,(H,16,18)/b9-7+. The number of hydrogen-bond acceptors (Lipinski definition) is 2. The average Bonchev–Trinajstić information content (AvgIpc) is 2.30. The Kier molecular flexibility index (Phi) is 4.43. The van der Waals surface area contributed by atoms with Crippen LogP contribution >= 0.6 is 0 Å². The number of rotatable bonds is 3. The van der Waals surface area contributed by atoms with Crippen LogP contribution in [0.3, 0.4) is 0 Å². The van der Waals surface area contributed by atoms with Gasteiger partial charge in [0.15, 0.2) is 0 Å². The first-order chi connectivity index (χ1) is 8.67. The molecule has 2 unspecified atom stereocenters. The fourth-order valence-electron chi connectivity index (χ4n) is 2.48. The quantitative estimate of drug-likeness (QED) is 0.795. The van der Waals surface area contributed by atoms with Crippen LogP contribution in [0.5, 0.6) is 0 Å². The fraction of sp³-hybridized carbons (Fsp3) is 0.733. The Bertz CT molecular complexity index is 395. The number of carbonyl (C=O) groups excluding carboxylic acids is 2. The van der Waals surface area contributed by atoms with Gasteiger partial charge in [0, 0.05) is 6.54 Å². The molecule has 2 amide bonds. The van der Waals surface area contributed by atoms with Crippen LogP contribution in [0.2, 0.25) is 0 Å². The lowest BCUT2D eigenvalue weighted by atomic mass is 9.80. The molecule has 0 aromatic rings. The van der Waals surface area contributed by atoms with Gasteiger partial charge in [0.25, 0.3) is 0 Å². The van der Waals surface area contributed by atoms with Gasteiger partial charge in [-0.2, -0.15) is 0 Å². The van der Waals surface area contributed by atoms with Crippen LogP contribution in [0.4, 0.5) is 0 Å². The molecular formula is C15H26N2O2. The fourth-order valence-corrected chi connectivity index (χ4v) is 2.48. The third kappa shape index (κ3) is 2.99. The van der Waals surface area contributed by atoms with Gasteiger partial charge in [-0.15, -0.1) is 0 Å². The average molecular weight is 266 g/mol. The normalized spacial score (nSPS) is 28.9. The number of allylic oxidation sites excluding steroid dienone is 1. The molecule has 1 saturated heterocycles. The molecule has 0 radical (unpaired) electrons. The van der Waals surface area contributed by atoms with E-state index in [2.05, 4.69) is 5.32 Å². The molecule has 0 aromatic carbocycles. The van der Waals surface area contributed by atoms with E-state index >= 15 is 0 Å². The first-order valence-electron chi connectivity index (χ1n) is 6.91. The Labute approximate surface area is 116 Å². The molecule has 0 aliphatic carbocycles. The van der Waals surface area contributed by atoms with E-state index in [9.17, 15) is 9.59 Å². The van der Waals surface area contributed by atoms with E-state index in [4.69, 9.17) is 0 Å². The predicted molar refractivity (Wildman–Crippen MR) is 76.6 cm³/mol. The van der Waals surface area contributed by atoms with Crippen molar-refractivity contribution in [2.75, 3.05) is 6.54 Å². The van der Waals surface area contributed by atoms with Crippen molar-refractivity contribution in [3.63, 3.8) is 0 Å². The highest BCUT2D eigenvalue weighted by Crippen LogP contribution is 2.31. The third-order valence-corrected chi connectivity index (χ3v) is 3.76. The van der Waals surface area contributed by atoms with Crippen LogP contribution in [0, 0.1) is 5.41 Å². The molecule has 1 aliphatic rings. The lowest BCUT2D eigenvalue weighted by molar-refractivity contribution is -0.158. The Hall–Kier alpha value is -1.32. The lowest BCUT2D eigenvalue weighted by Gasteiger charge is -2.48. The molecule has 1 rings (SSSR count). The summed E-state index contributed by atoms with van der Waals surface area (Å²) in [6, 6.07) is -0.421. The predicted octanol–water partition coefficient (Wildman–Crippen LogP) is 2.10. The van der Waals surface area contributed by atoms with Crippen LogP contribution in [-0.4, -0.2) is 34.8 Å². The van der Waals surface area contributed by atoms with Crippen molar-refractivity contribution >= 4 is 11.8 Å². The number of hydrogen-bond donors (Lipinski definition) is 1. The summed E-state index contributed by atoms with van der Waals surface area (Å²) in [5, 5.41) is 2.90. The highest BCUT2D eigenvalue weighted by Gasteiger charge is 2.50. The van der Waals surface area contributed by atoms with Gasteiger partial charge in [-0.3, -0.25) is 9.59 Å². The second-order valence-electron chi connectivity index (χ2n) is 6.47. The van der Waals surface area contributed by atoms with Gasteiger partial charge >= 0.3 is 0 Å². The van der Waals surface area contributed by atoms with E-state index in [1.807, 2.05) is 46.8 Å². The van der Waals surface area contributed by atoms with E-state index in [1.165, 1.54) is 0 Å². The smallest absolute Gasteiger partial charge is 0.249 e. The zero-order valence-corrected chi connectivity index (χ0v) is 12.9. The molecule has 1 N–H and O–H groups in total. The van der Waals surface area contributed by atoms with E-state index in [-0.39, 0.29) is 17.2 Å². The Morgan fingerprint density at radius 2 is 1.95 bits per heavy atom. The van der Waals surface area contributed by atoms with Crippen molar-refractivity contribution in [3.05, 3.63) is 12.2 Å². The number of carbonyl (C=O) groups is 2. The van der Waals surface area contributed by atoms with Crippen LogP contribution in [0.1, 0.15) is 48.0 Å². The number of piperazine rings is 1. The van der Waals surface area contributed by atoms with Gasteiger partial charge in [0.2, 0.25) is 11.8 Å². The molecule has 0 spiro atoms. The van der Waals surface area contributed by atoms with E-state index < -0.39 is 11.6 Å². The van der Waals surface area contributed by atoms with Crippen LogP contribution in [-0.2, 0) is 9.59 Å². The first kappa shape index (κ1) is 15.7. The molecule has 4 heteroatoms. The van der Waals surface area contributed by atoms with Crippen molar-refractivity contribution in [1.29, 1.82) is 0 Å². The Morgan fingerprint density at radius 3 is 2.37 bits per heavy atom. The number of nitrogens with one attached hydrogen (secondary N) is 1. The molecular weight excluding hydrogens is 240 g/mol. The summed E-state index contributed by atoms with van der Waals surface area (Å²) in [7, 11) is 0.